The van der Waals surface area contributed by atoms with E-state index in [0.29, 0.717) is 33.9 Å². The predicted octanol–water partition coefficient (Wildman–Crippen LogP) is -0.0570. The second-order valence-corrected chi connectivity index (χ2v) is 6.98. The third-order valence-corrected chi connectivity index (χ3v) is 5.40. The number of anilines is 1. The number of rotatable bonds is 5. The molecule has 0 saturated heterocycles. The van der Waals surface area contributed by atoms with Gasteiger partial charge in [0.15, 0.2) is 0 Å². The minimum absolute atomic E-state index is 0. The molecule has 7 heteroatoms. The van der Waals surface area contributed by atoms with Crippen LogP contribution in [0.3, 0.4) is 0 Å². The van der Waals surface area contributed by atoms with E-state index in [1.54, 1.807) is 87.0 Å². The molecule has 1 aliphatic heterocycles. The van der Waals surface area contributed by atoms with E-state index in [4.69, 9.17) is 9.47 Å². The Labute approximate surface area is 202 Å². The molecule has 0 unspecified atom stereocenters. The number of fused-ring (bicyclic) bond motifs is 1. The van der Waals surface area contributed by atoms with Crippen molar-refractivity contribution in [1.82, 2.24) is 0 Å². The van der Waals surface area contributed by atoms with Gasteiger partial charge in [-0.25, -0.2) is 0 Å². The molecule has 1 aliphatic rings. The number of carboxylic acids is 1. The molecule has 31 heavy (non-hydrogen) atoms. The zero-order valence-corrected chi connectivity index (χ0v) is 19.6. The van der Waals surface area contributed by atoms with Gasteiger partial charge in [0.2, 0.25) is 0 Å². The van der Waals surface area contributed by atoms with E-state index in [0.717, 1.165) is 0 Å². The van der Waals surface area contributed by atoms with Gasteiger partial charge in [-0.1, -0.05) is 30.3 Å². The molecule has 0 bridgehead atoms. The van der Waals surface area contributed by atoms with Gasteiger partial charge in [0.25, 0.3) is 5.91 Å². The second-order valence-electron chi connectivity index (χ2n) is 6.98. The molecule has 0 spiro atoms. The Morgan fingerprint density at radius 3 is 1.97 bits per heavy atom. The summed E-state index contributed by atoms with van der Waals surface area (Å²) in [6.45, 7) is 0. The maximum absolute atomic E-state index is 13.5. The molecule has 1 heterocycles. The molecule has 3 aromatic rings. The van der Waals surface area contributed by atoms with Crippen molar-refractivity contribution in [1.29, 1.82) is 0 Å². The summed E-state index contributed by atoms with van der Waals surface area (Å²) in [6, 6.07) is 20.0. The largest absolute Gasteiger partial charge is 1.00 e. The van der Waals surface area contributed by atoms with Crippen LogP contribution in [0.5, 0.6) is 11.5 Å². The van der Waals surface area contributed by atoms with Crippen molar-refractivity contribution in [2.75, 3.05) is 19.1 Å². The van der Waals surface area contributed by atoms with Crippen LogP contribution < -0.4 is 49.0 Å². The van der Waals surface area contributed by atoms with Crippen molar-refractivity contribution in [3.05, 3.63) is 89.5 Å². The molecule has 152 valence electrons. The van der Waals surface area contributed by atoms with Crippen LogP contribution in [-0.2, 0) is 4.79 Å². The van der Waals surface area contributed by atoms with E-state index in [2.05, 4.69) is 0 Å². The van der Waals surface area contributed by atoms with E-state index in [9.17, 15) is 14.7 Å². The Morgan fingerprint density at radius 2 is 1.42 bits per heavy atom. The second kappa shape index (κ2) is 9.56. The number of carbonyl (C=O) groups excluding carboxylic acids is 2. The summed E-state index contributed by atoms with van der Waals surface area (Å²) in [7, 11) is 3.12. The number of ether oxygens (including phenoxy) is 2. The van der Waals surface area contributed by atoms with Crippen LogP contribution in [0.2, 0.25) is 0 Å². The molecule has 6 nitrogen and oxygen atoms in total. The zero-order valence-electron chi connectivity index (χ0n) is 17.6. The first-order chi connectivity index (χ1) is 14.5. The summed E-state index contributed by atoms with van der Waals surface area (Å²) < 4.78 is 10.4. The molecule has 2 atom stereocenters. The number of benzene rings is 3. The number of nitrogens with zero attached hydrogens (tertiary/aromatic N) is 1. The van der Waals surface area contributed by atoms with Gasteiger partial charge in [-0.05, 0) is 53.6 Å². The van der Waals surface area contributed by atoms with Gasteiger partial charge >= 0.3 is 29.6 Å². The molecule has 0 saturated carbocycles. The Kier molecular flexibility index (Phi) is 7.05. The van der Waals surface area contributed by atoms with Gasteiger partial charge in [-0.3, -0.25) is 9.69 Å². The summed E-state index contributed by atoms with van der Waals surface area (Å²) in [5.41, 5.74) is 2.05. The standard InChI is InChI=1S/C24H21NO5.Na/c1-29-17-11-7-15(8-12-17)22-21(24(27)28)19-5-3-4-6-20(19)23(26)25(22)16-9-13-18(30-2)14-10-16;/h3-14,21-22H,1-2H3,(H,27,28);/q;+1/p-1/t21-,22-;/m0./s1. The quantitative estimate of drug-likeness (QED) is 0.536. The molecule has 0 aromatic heterocycles. The van der Waals surface area contributed by atoms with E-state index >= 15 is 0 Å². The normalized spacial score (nSPS) is 17.4. The maximum Gasteiger partial charge on any atom is 1.00 e. The van der Waals surface area contributed by atoms with Crippen LogP contribution in [0.1, 0.15) is 33.4 Å². The van der Waals surface area contributed by atoms with Crippen LogP contribution in [0.4, 0.5) is 5.69 Å². The fourth-order valence-electron chi connectivity index (χ4n) is 3.96. The minimum Gasteiger partial charge on any atom is -0.549 e. The van der Waals surface area contributed by atoms with Crippen molar-refractivity contribution < 1.29 is 53.7 Å². The minimum atomic E-state index is -1.24. The van der Waals surface area contributed by atoms with Crippen molar-refractivity contribution in [3.8, 4) is 11.5 Å². The summed E-state index contributed by atoms with van der Waals surface area (Å²) in [5.74, 6) is -1.26. The maximum atomic E-state index is 13.5. The van der Waals surface area contributed by atoms with Crippen molar-refractivity contribution in [2.45, 2.75) is 12.0 Å². The van der Waals surface area contributed by atoms with Crippen molar-refractivity contribution in [3.63, 3.8) is 0 Å². The van der Waals surface area contributed by atoms with Crippen molar-refractivity contribution >= 4 is 17.6 Å². The van der Waals surface area contributed by atoms with E-state index < -0.39 is 17.9 Å². The zero-order chi connectivity index (χ0) is 21.3. The molecule has 4 rings (SSSR count). The molecule has 1 amide bonds. The van der Waals surface area contributed by atoms with Crippen LogP contribution in [0.15, 0.2) is 72.8 Å². The first-order valence-electron chi connectivity index (χ1n) is 9.46. The van der Waals surface area contributed by atoms with Gasteiger partial charge in [0.05, 0.1) is 26.2 Å². The number of aliphatic carboxylic acids is 1. The number of hydrogen-bond donors (Lipinski definition) is 0. The fraction of sp³-hybridized carbons (Fsp3) is 0.167. The van der Waals surface area contributed by atoms with Gasteiger partial charge < -0.3 is 19.4 Å². The van der Waals surface area contributed by atoms with Gasteiger partial charge in [-0.2, -0.15) is 0 Å². The molecule has 0 fully saturated rings. The van der Waals surface area contributed by atoms with Gasteiger partial charge in [0, 0.05) is 17.2 Å². The van der Waals surface area contributed by atoms with Gasteiger partial charge in [-0.15, -0.1) is 0 Å². The number of carboxylic acid groups (broad SMARTS) is 1. The first kappa shape index (κ1) is 22.9. The molecule has 0 N–H and O–H groups in total. The SMILES string of the molecule is COc1ccc([C@H]2[C@@H](C(=O)[O-])c3ccccc3C(=O)N2c2ccc(OC)cc2)cc1.[Na+]. The van der Waals surface area contributed by atoms with Crippen LogP contribution in [0.25, 0.3) is 0 Å². The summed E-state index contributed by atoms with van der Waals surface area (Å²) >= 11 is 0. The summed E-state index contributed by atoms with van der Waals surface area (Å²) in [5, 5.41) is 12.3. The molecule has 3 aromatic carbocycles. The summed E-state index contributed by atoms with van der Waals surface area (Å²) in [4.78, 5) is 27.3. The van der Waals surface area contributed by atoms with Crippen LogP contribution in [0, 0.1) is 0 Å². The monoisotopic (exact) mass is 425 g/mol. The Morgan fingerprint density at radius 1 is 0.871 bits per heavy atom. The Hall–Kier alpha value is -2.80. The van der Waals surface area contributed by atoms with E-state index in [1.165, 1.54) is 4.90 Å². The fourth-order valence-corrected chi connectivity index (χ4v) is 3.96. The Balaban J connectivity index is 0.00000272. The average Bonchev–Trinajstić information content (AvgIpc) is 2.79. The van der Waals surface area contributed by atoms with E-state index in [-0.39, 0.29) is 35.5 Å². The smallest absolute Gasteiger partial charge is 0.549 e. The van der Waals surface area contributed by atoms with Crippen LogP contribution >= 0.6 is 0 Å². The third-order valence-electron chi connectivity index (χ3n) is 5.40. The number of hydrogen-bond acceptors (Lipinski definition) is 5. The van der Waals surface area contributed by atoms with Crippen LogP contribution in [-0.4, -0.2) is 26.1 Å². The number of methoxy groups -OCH3 is 2. The number of amides is 1. The topological polar surface area (TPSA) is 78.9 Å². The Bertz CT molecular complexity index is 1080. The molecule has 0 aliphatic carbocycles. The first-order valence-corrected chi connectivity index (χ1v) is 9.46. The van der Waals surface area contributed by atoms with Gasteiger partial charge in [0.1, 0.15) is 11.5 Å². The average molecular weight is 425 g/mol. The number of carbonyl (C=O) groups is 2. The molecular formula is C24H20NNaO5. The van der Waals surface area contributed by atoms with E-state index in [1.807, 2.05) is 0 Å². The molecular weight excluding hydrogens is 405 g/mol. The summed E-state index contributed by atoms with van der Waals surface area (Å²) in [6.07, 6.45) is 0. The molecule has 0 radical (unpaired) electrons. The predicted molar refractivity (Wildman–Crippen MR) is 110 cm³/mol. The van der Waals surface area contributed by atoms with Crippen molar-refractivity contribution in [2.24, 2.45) is 0 Å². The third kappa shape index (κ3) is 4.19.